The van der Waals surface area contributed by atoms with Gasteiger partial charge in [-0.25, -0.2) is 0 Å². The molecule has 224 valence electrons. The minimum Gasteiger partial charge on any atom is -0.508 e. The van der Waals surface area contributed by atoms with E-state index < -0.39 is 75.6 Å². The third-order valence-corrected chi connectivity index (χ3v) is 8.87. The molecule has 3 aliphatic carbocycles. The molecule has 4 rings (SSSR count). The third-order valence-electron chi connectivity index (χ3n) is 8.87. The van der Waals surface area contributed by atoms with Crippen LogP contribution in [0.15, 0.2) is 29.0 Å². The smallest absolute Gasteiger partial charge is 0.258 e. The van der Waals surface area contributed by atoms with Crippen LogP contribution in [0.3, 0.4) is 0 Å². The van der Waals surface area contributed by atoms with Crippen molar-refractivity contribution in [3.8, 4) is 5.75 Å². The molecule has 3 aliphatic rings. The molecule has 6 N–H and O–H groups in total. The van der Waals surface area contributed by atoms with Crippen LogP contribution in [0.1, 0.15) is 57.6 Å². The van der Waals surface area contributed by atoms with Crippen molar-refractivity contribution in [2.24, 2.45) is 11.8 Å². The molecule has 0 spiro atoms. The number of amides is 1. The van der Waals surface area contributed by atoms with Crippen LogP contribution in [0.2, 0.25) is 0 Å². The average molecular weight is 572 g/mol. The van der Waals surface area contributed by atoms with Gasteiger partial charge in [0, 0.05) is 36.8 Å². The Bertz CT molecular complexity index is 1380. The lowest BCUT2D eigenvalue weighted by molar-refractivity contribution is -0.169. The SMILES string of the molecule is CCCC(C)(C)NC(=O)C1=C(O)C2(O)C(=O)C3=C(O)c4c(O)ccc(N(C)C)c4C(C)C3C(O)C2C(N(C)C)C1=O. The lowest BCUT2D eigenvalue weighted by Gasteiger charge is -2.54. The van der Waals surface area contributed by atoms with Crippen LogP contribution >= 0.6 is 0 Å². The van der Waals surface area contributed by atoms with Crippen LogP contribution in [-0.4, -0.2) is 99.4 Å². The molecule has 0 saturated heterocycles. The summed E-state index contributed by atoms with van der Waals surface area (Å²) in [6.07, 6.45) is -0.337. The summed E-state index contributed by atoms with van der Waals surface area (Å²) in [6.45, 7) is 7.15. The molecular weight excluding hydrogens is 530 g/mol. The van der Waals surface area contributed by atoms with Crippen molar-refractivity contribution in [3.63, 3.8) is 0 Å². The zero-order valence-electron chi connectivity index (χ0n) is 24.8. The number of carbonyl (C=O) groups is 3. The molecule has 1 saturated carbocycles. The summed E-state index contributed by atoms with van der Waals surface area (Å²) in [4.78, 5) is 44.7. The Morgan fingerprint density at radius 1 is 1.10 bits per heavy atom. The van der Waals surface area contributed by atoms with E-state index in [0.717, 1.165) is 6.42 Å². The molecule has 1 aromatic rings. The first-order chi connectivity index (χ1) is 18.9. The molecule has 0 aromatic heterocycles. The minimum atomic E-state index is -2.91. The number of ketones is 2. The second-order valence-corrected chi connectivity index (χ2v) is 12.6. The molecule has 6 atom stereocenters. The first-order valence-electron chi connectivity index (χ1n) is 13.8. The van der Waals surface area contributed by atoms with Crippen molar-refractivity contribution >= 4 is 28.9 Å². The van der Waals surface area contributed by atoms with Gasteiger partial charge in [0.15, 0.2) is 11.4 Å². The molecule has 11 heteroatoms. The monoisotopic (exact) mass is 571 g/mol. The van der Waals surface area contributed by atoms with E-state index in [2.05, 4.69) is 5.32 Å². The number of phenols is 1. The van der Waals surface area contributed by atoms with Gasteiger partial charge in [-0.2, -0.15) is 0 Å². The molecule has 41 heavy (non-hydrogen) atoms. The van der Waals surface area contributed by atoms with Crippen molar-refractivity contribution < 1.29 is 39.9 Å². The Balaban J connectivity index is 2.00. The van der Waals surface area contributed by atoms with E-state index in [4.69, 9.17) is 0 Å². The number of carbonyl (C=O) groups excluding carboxylic acids is 3. The van der Waals surface area contributed by atoms with Gasteiger partial charge < -0.3 is 35.7 Å². The van der Waals surface area contributed by atoms with Crippen LogP contribution in [0.5, 0.6) is 5.75 Å². The van der Waals surface area contributed by atoms with Gasteiger partial charge in [0.2, 0.25) is 5.78 Å². The van der Waals surface area contributed by atoms with Gasteiger partial charge in [0.25, 0.3) is 5.91 Å². The molecule has 0 aliphatic heterocycles. The first kappa shape index (κ1) is 30.5. The quantitative estimate of drug-likeness (QED) is 0.277. The average Bonchev–Trinajstić information content (AvgIpc) is 2.85. The highest BCUT2D eigenvalue weighted by Crippen LogP contribution is 2.57. The van der Waals surface area contributed by atoms with Gasteiger partial charge in [-0.3, -0.25) is 19.3 Å². The van der Waals surface area contributed by atoms with Crippen LogP contribution in [-0.2, 0) is 14.4 Å². The van der Waals surface area contributed by atoms with E-state index in [1.54, 1.807) is 45.8 Å². The van der Waals surface area contributed by atoms with E-state index in [1.807, 2.05) is 6.92 Å². The number of aromatic hydroxyl groups is 1. The fraction of sp³-hybridized carbons (Fsp3) is 0.567. The zero-order chi connectivity index (χ0) is 30.9. The Morgan fingerprint density at radius 2 is 1.71 bits per heavy atom. The standard InChI is InChI=1S/C30H41N3O8/c1-9-12-29(3,4)31-28(40)20-25(37)22(33(7)8)21-24(36)17-13(2)16-14(32(5)6)10-11-15(34)18(16)23(35)19(17)26(38)30(21,41)27(20)39/h10-11,13,17,21-22,24,34-36,39,41H,9,12H2,1-8H3,(H,31,40). The van der Waals surface area contributed by atoms with Gasteiger partial charge in [0.05, 0.1) is 23.6 Å². The molecule has 1 fully saturated rings. The van der Waals surface area contributed by atoms with Crippen LogP contribution in [0, 0.1) is 11.8 Å². The number of anilines is 1. The summed E-state index contributed by atoms with van der Waals surface area (Å²) in [5, 5.41) is 60.3. The highest BCUT2D eigenvalue weighted by atomic mass is 16.4. The van der Waals surface area contributed by atoms with Crippen molar-refractivity contribution in [3.05, 3.63) is 40.2 Å². The first-order valence-corrected chi connectivity index (χ1v) is 13.8. The van der Waals surface area contributed by atoms with Crippen molar-refractivity contribution in [2.45, 2.75) is 69.7 Å². The van der Waals surface area contributed by atoms with E-state index >= 15 is 0 Å². The summed E-state index contributed by atoms with van der Waals surface area (Å²) in [5.74, 6) is -8.37. The summed E-state index contributed by atoms with van der Waals surface area (Å²) in [6, 6.07) is 1.67. The minimum absolute atomic E-state index is 0.0173. The molecule has 0 heterocycles. The molecular formula is C30H41N3O8. The zero-order valence-corrected chi connectivity index (χ0v) is 24.8. The van der Waals surface area contributed by atoms with Crippen LogP contribution in [0.25, 0.3) is 5.76 Å². The Kier molecular flexibility index (Phi) is 7.56. The van der Waals surface area contributed by atoms with Gasteiger partial charge in [0.1, 0.15) is 22.8 Å². The maximum absolute atomic E-state index is 14.3. The second-order valence-electron chi connectivity index (χ2n) is 12.6. The fourth-order valence-corrected chi connectivity index (χ4v) is 7.10. The highest BCUT2D eigenvalue weighted by molar-refractivity contribution is 6.25. The van der Waals surface area contributed by atoms with Crippen molar-refractivity contribution in [1.82, 2.24) is 10.2 Å². The molecule has 1 aromatic carbocycles. The maximum atomic E-state index is 14.3. The number of Topliss-reactive ketones (excluding diaryl/α,β-unsaturated/α-hetero) is 2. The Morgan fingerprint density at radius 3 is 2.24 bits per heavy atom. The second kappa shape index (κ2) is 10.1. The summed E-state index contributed by atoms with van der Waals surface area (Å²) in [5.41, 5.74) is -3.72. The number of aliphatic hydroxyl groups is 4. The van der Waals surface area contributed by atoms with E-state index in [-0.39, 0.29) is 16.9 Å². The number of phenolic OH excluding ortho intramolecular Hbond substituents is 1. The molecule has 0 bridgehead atoms. The number of hydrogen-bond donors (Lipinski definition) is 6. The van der Waals surface area contributed by atoms with E-state index in [0.29, 0.717) is 17.7 Å². The highest BCUT2D eigenvalue weighted by Gasteiger charge is 2.68. The van der Waals surface area contributed by atoms with Gasteiger partial charge in [-0.05, 0) is 58.0 Å². The predicted octanol–water partition coefficient (Wildman–Crippen LogP) is 1.77. The topological polar surface area (TPSA) is 171 Å². The Labute approximate surface area is 239 Å². The van der Waals surface area contributed by atoms with Crippen LogP contribution < -0.4 is 10.2 Å². The number of nitrogens with one attached hydrogen (secondary N) is 1. The molecule has 11 nitrogen and oxygen atoms in total. The number of rotatable bonds is 6. The van der Waals surface area contributed by atoms with Gasteiger partial charge >= 0.3 is 0 Å². The Hall–Kier alpha value is -3.41. The number of fused-ring (bicyclic) bond motifs is 3. The molecule has 1 amide bonds. The summed E-state index contributed by atoms with van der Waals surface area (Å²) in [7, 11) is 6.58. The lowest BCUT2D eigenvalue weighted by atomic mass is 9.54. The number of nitrogens with zero attached hydrogens (tertiary/aromatic N) is 2. The van der Waals surface area contributed by atoms with E-state index in [1.165, 1.54) is 25.1 Å². The molecule has 6 unspecified atom stereocenters. The van der Waals surface area contributed by atoms with E-state index in [9.17, 15) is 39.9 Å². The van der Waals surface area contributed by atoms with Crippen molar-refractivity contribution in [1.29, 1.82) is 0 Å². The van der Waals surface area contributed by atoms with Crippen molar-refractivity contribution in [2.75, 3.05) is 33.1 Å². The lowest BCUT2D eigenvalue weighted by Crippen LogP contribution is -2.70. The predicted molar refractivity (Wildman–Crippen MR) is 153 cm³/mol. The van der Waals surface area contributed by atoms with Gasteiger partial charge in [-0.1, -0.05) is 20.3 Å². The maximum Gasteiger partial charge on any atom is 0.258 e. The summed E-state index contributed by atoms with van der Waals surface area (Å²) >= 11 is 0. The van der Waals surface area contributed by atoms with Gasteiger partial charge in [-0.15, -0.1) is 0 Å². The number of aliphatic hydroxyl groups excluding tert-OH is 3. The summed E-state index contributed by atoms with van der Waals surface area (Å²) < 4.78 is 0. The molecule has 0 radical (unpaired) electrons. The van der Waals surface area contributed by atoms with Crippen LogP contribution in [0.4, 0.5) is 5.69 Å². The number of benzene rings is 1. The fourth-order valence-electron chi connectivity index (χ4n) is 7.10. The normalized spacial score (nSPS) is 29.8. The number of likely N-dealkylation sites (N-methyl/N-ethyl adjacent to an activating group) is 1. The third kappa shape index (κ3) is 4.33. The number of hydrogen-bond acceptors (Lipinski definition) is 10. The largest absolute Gasteiger partial charge is 0.508 e.